The molecule has 1 aromatic rings. The second kappa shape index (κ2) is 8.14. The monoisotopic (exact) mass is 411 g/mol. The summed E-state index contributed by atoms with van der Waals surface area (Å²) in [5, 5.41) is 0. The SMILES string of the molecule is Cc1ccccc1[C@]1(CC(=O)N2C[C@H]3CCC[C@H]2C3)CC(=O)N(CCN(C)C)C1=O. The summed E-state index contributed by atoms with van der Waals surface area (Å²) in [6, 6.07) is 8.03. The van der Waals surface area contributed by atoms with Gasteiger partial charge in [0, 0.05) is 38.5 Å². The minimum atomic E-state index is -1.08. The maximum Gasteiger partial charge on any atom is 0.240 e. The number of amides is 3. The zero-order valence-electron chi connectivity index (χ0n) is 18.4. The quantitative estimate of drug-likeness (QED) is 0.674. The van der Waals surface area contributed by atoms with Crippen LogP contribution in [0.5, 0.6) is 0 Å². The van der Waals surface area contributed by atoms with Gasteiger partial charge in [-0.05, 0) is 57.3 Å². The van der Waals surface area contributed by atoms with Gasteiger partial charge in [0.2, 0.25) is 17.7 Å². The molecule has 2 heterocycles. The van der Waals surface area contributed by atoms with Gasteiger partial charge < -0.3 is 9.80 Å². The molecule has 3 fully saturated rings. The van der Waals surface area contributed by atoms with E-state index in [0.717, 1.165) is 30.5 Å². The van der Waals surface area contributed by atoms with Crippen molar-refractivity contribution in [2.24, 2.45) is 5.92 Å². The van der Waals surface area contributed by atoms with Gasteiger partial charge in [-0.2, -0.15) is 0 Å². The van der Waals surface area contributed by atoms with Gasteiger partial charge in [0.05, 0.1) is 5.41 Å². The molecular weight excluding hydrogens is 378 g/mol. The van der Waals surface area contributed by atoms with Crippen LogP contribution < -0.4 is 0 Å². The highest BCUT2D eigenvalue weighted by atomic mass is 16.2. The smallest absolute Gasteiger partial charge is 0.240 e. The number of imide groups is 1. The summed E-state index contributed by atoms with van der Waals surface area (Å²) in [6.07, 6.45) is 4.69. The van der Waals surface area contributed by atoms with Crippen LogP contribution in [-0.4, -0.2) is 72.2 Å². The van der Waals surface area contributed by atoms with E-state index in [1.54, 1.807) is 0 Å². The predicted molar refractivity (Wildman–Crippen MR) is 115 cm³/mol. The van der Waals surface area contributed by atoms with Crippen LogP contribution in [0.25, 0.3) is 0 Å². The fourth-order valence-corrected chi connectivity index (χ4v) is 5.68. The molecule has 6 heteroatoms. The Morgan fingerprint density at radius 2 is 1.97 bits per heavy atom. The highest BCUT2D eigenvalue weighted by Gasteiger charge is 2.55. The highest BCUT2D eigenvalue weighted by molar-refractivity contribution is 6.11. The first-order valence-corrected chi connectivity index (χ1v) is 11.2. The number of carbonyl (C=O) groups is 3. The molecule has 30 heavy (non-hydrogen) atoms. The van der Waals surface area contributed by atoms with Gasteiger partial charge in [-0.15, -0.1) is 0 Å². The number of likely N-dealkylation sites (tertiary alicyclic amines) is 2. The lowest BCUT2D eigenvalue weighted by Crippen LogP contribution is -2.45. The lowest BCUT2D eigenvalue weighted by atomic mass is 9.74. The summed E-state index contributed by atoms with van der Waals surface area (Å²) in [5.74, 6) is 0.250. The van der Waals surface area contributed by atoms with Gasteiger partial charge in [-0.1, -0.05) is 30.7 Å². The van der Waals surface area contributed by atoms with E-state index < -0.39 is 5.41 Å². The zero-order valence-corrected chi connectivity index (χ0v) is 18.4. The van der Waals surface area contributed by atoms with Crippen molar-refractivity contribution in [3.05, 3.63) is 35.4 Å². The van der Waals surface area contributed by atoms with Crippen LogP contribution in [0, 0.1) is 12.8 Å². The molecule has 3 atom stereocenters. The van der Waals surface area contributed by atoms with E-state index in [1.807, 2.05) is 55.1 Å². The number of likely N-dealkylation sites (N-methyl/N-ethyl adjacent to an activating group) is 1. The maximum atomic E-state index is 13.7. The van der Waals surface area contributed by atoms with E-state index in [0.29, 0.717) is 25.0 Å². The van der Waals surface area contributed by atoms with Gasteiger partial charge in [-0.3, -0.25) is 19.3 Å². The predicted octanol–water partition coefficient (Wildman–Crippen LogP) is 2.34. The first kappa shape index (κ1) is 21.0. The Bertz CT molecular complexity index is 852. The van der Waals surface area contributed by atoms with Gasteiger partial charge in [0.1, 0.15) is 0 Å². The molecule has 2 saturated heterocycles. The van der Waals surface area contributed by atoms with Crippen molar-refractivity contribution in [2.45, 2.75) is 56.9 Å². The summed E-state index contributed by atoms with van der Waals surface area (Å²) in [5.41, 5.74) is 0.704. The summed E-state index contributed by atoms with van der Waals surface area (Å²) in [4.78, 5) is 45.5. The molecular formula is C24H33N3O3. The van der Waals surface area contributed by atoms with Crippen molar-refractivity contribution in [3.8, 4) is 0 Å². The van der Waals surface area contributed by atoms with Crippen LogP contribution in [0.15, 0.2) is 24.3 Å². The van der Waals surface area contributed by atoms with Gasteiger partial charge >= 0.3 is 0 Å². The third kappa shape index (κ3) is 3.66. The Morgan fingerprint density at radius 1 is 1.20 bits per heavy atom. The van der Waals surface area contributed by atoms with Crippen LogP contribution >= 0.6 is 0 Å². The number of fused-ring (bicyclic) bond motifs is 2. The topological polar surface area (TPSA) is 60.9 Å². The number of carbonyl (C=O) groups excluding carboxylic acids is 3. The summed E-state index contributed by atoms with van der Waals surface area (Å²) in [7, 11) is 3.85. The van der Waals surface area contributed by atoms with Gasteiger partial charge in [-0.25, -0.2) is 0 Å². The summed E-state index contributed by atoms with van der Waals surface area (Å²) in [6.45, 7) is 3.75. The molecule has 1 aliphatic carbocycles. The highest BCUT2D eigenvalue weighted by Crippen LogP contribution is 2.43. The maximum absolute atomic E-state index is 13.7. The number of hydrogen-bond acceptors (Lipinski definition) is 4. The third-order valence-corrected chi connectivity index (χ3v) is 7.26. The molecule has 1 aromatic carbocycles. The van der Waals surface area contributed by atoms with Crippen LogP contribution in [0.1, 0.15) is 49.7 Å². The number of nitrogens with zero attached hydrogens (tertiary/aromatic N) is 3. The molecule has 0 radical (unpaired) electrons. The molecule has 1 saturated carbocycles. The van der Waals surface area contributed by atoms with Gasteiger partial charge in [0.25, 0.3) is 0 Å². The standard InChI is InChI=1S/C24H33N3O3/c1-17-7-4-5-10-20(17)24(14-21(28)26(23(24)30)12-11-25(2)3)15-22(29)27-16-18-8-6-9-19(27)13-18/h4-5,7,10,18-19H,6,8-9,11-16H2,1-3H3/t18-,19-,24+/m0/s1. The number of hydrogen-bond donors (Lipinski definition) is 0. The Morgan fingerprint density at radius 3 is 2.67 bits per heavy atom. The molecule has 0 unspecified atom stereocenters. The molecule has 0 aromatic heterocycles. The molecule has 0 spiro atoms. The van der Waals surface area contributed by atoms with Crippen molar-refractivity contribution in [3.63, 3.8) is 0 Å². The fraction of sp³-hybridized carbons (Fsp3) is 0.625. The minimum absolute atomic E-state index is 0.0308. The Hall–Kier alpha value is -2.21. The van der Waals surface area contributed by atoms with E-state index in [2.05, 4.69) is 0 Å². The van der Waals surface area contributed by atoms with Crippen molar-refractivity contribution in [1.29, 1.82) is 0 Å². The molecule has 3 aliphatic rings. The second-order valence-electron chi connectivity index (χ2n) is 9.64. The third-order valence-electron chi connectivity index (χ3n) is 7.26. The Kier molecular flexibility index (Phi) is 5.71. The van der Waals surface area contributed by atoms with Crippen molar-refractivity contribution < 1.29 is 14.4 Å². The van der Waals surface area contributed by atoms with Crippen LogP contribution in [0.3, 0.4) is 0 Å². The number of rotatable bonds is 6. The molecule has 6 nitrogen and oxygen atoms in total. The summed E-state index contributed by atoms with van der Waals surface area (Å²) >= 11 is 0. The molecule has 0 N–H and O–H groups in total. The van der Waals surface area contributed by atoms with E-state index in [9.17, 15) is 14.4 Å². The largest absolute Gasteiger partial charge is 0.339 e. The normalized spacial score (nSPS) is 28.7. The van der Waals surface area contributed by atoms with E-state index in [4.69, 9.17) is 0 Å². The Labute approximate surface area is 179 Å². The van der Waals surface area contributed by atoms with Crippen molar-refractivity contribution >= 4 is 17.7 Å². The molecule has 3 amide bonds. The van der Waals surface area contributed by atoms with E-state index in [-0.39, 0.29) is 30.6 Å². The molecule has 2 bridgehead atoms. The van der Waals surface area contributed by atoms with Gasteiger partial charge in [0.15, 0.2) is 0 Å². The summed E-state index contributed by atoms with van der Waals surface area (Å²) < 4.78 is 0. The van der Waals surface area contributed by atoms with Crippen LogP contribution in [-0.2, 0) is 19.8 Å². The molecule has 4 rings (SSSR count). The average Bonchev–Trinajstić information content (AvgIpc) is 3.13. The Balaban J connectivity index is 1.66. The number of benzene rings is 1. The van der Waals surface area contributed by atoms with Crippen LogP contribution in [0.4, 0.5) is 0 Å². The molecule has 2 aliphatic heterocycles. The zero-order chi connectivity index (χ0) is 21.5. The lowest BCUT2D eigenvalue weighted by Gasteiger charge is -2.32. The van der Waals surface area contributed by atoms with Crippen molar-refractivity contribution in [1.82, 2.24) is 14.7 Å². The lowest BCUT2D eigenvalue weighted by molar-refractivity contribution is -0.143. The van der Waals surface area contributed by atoms with Crippen LogP contribution in [0.2, 0.25) is 0 Å². The number of aryl methyl sites for hydroxylation is 1. The van der Waals surface area contributed by atoms with E-state index in [1.165, 1.54) is 17.7 Å². The fourth-order valence-electron chi connectivity index (χ4n) is 5.68. The molecule has 162 valence electrons. The first-order chi connectivity index (χ1) is 14.3. The minimum Gasteiger partial charge on any atom is -0.339 e. The second-order valence-corrected chi connectivity index (χ2v) is 9.64. The van der Waals surface area contributed by atoms with Crippen molar-refractivity contribution in [2.75, 3.05) is 33.7 Å². The van der Waals surface area contributed by atoms with E-state index >= 15 is 0 Å². The average molecular weight is 412 g/mol. The first-order valence-electron chi connectivity index (χ1n) is 11.2.